The first-order chi connectivity index (χ1) is 6.36. The molecular formula is C10H14O2S. The van der Waals surface area contributed by atoms with Gasteiger partial charge < -0.3 is 8.92 Å². The average molecular weight is 198 g/mol. The smallest absolute Gasteiger partial charge is 0.119 e. The zero-order chi connectivity index (χ0) is 9.52. The molecule has 0 spiro atoms. The summed E-state index contributed by atoms with van der Waals surface area (Å²) in [4.78, 5) is 0. The van der Waals surface area contributed by atoms with Gasteiger partial charge in [0.1, 0.15) is 5.75 Å². The summed E-state index contributed by atoms with van der Waals surface area (Å²) in [6.07, 6.45) is 1.91. The maximum Gasteiger partial charge on any atom is 0.119 e. The number of benzene rings is 1. The standard InChI is InChI=1S/C10H14O2S/c1-3-11-10-6-4-9(5-7-10)8-12-13-2/h4-7H,3,8H2,1-2H3. The van der Waals surface area contributed by atoms with E-state index in [2.05, 4.69) is 0 Å². The van der Waals surface area contributed by atoms with Crippen LogP contribution < -0.4 is 4.74 Å². The summed E-state index contributed by atoms with van der Waals surface area (Å²) >= 11 is 1.38. The Balaban J connectivity index is 2.48. The van der Waals surface area contributed by atoms with Gasteiger partial charge in [-0.25, -0.2) is 0 Å². The van der Waals surface area contributed by atoms with E-state index in [1.165, 1.54) is 12.0 Å². The summed E-state index contributed by atoms with van der Waals surface area (Å²) in [6.45, 7) is 3.33. The van der Waals surface area contributed by atoms with Crippen LogP contribution in [0.3, 0.4) is 0 Å². The summed E-state index contributed by atoms with van der Waals surface area (Å²) in [7, 11) is 0. The summed E-state index contributed by atoms with van der Waals surface area (Å²) < 4.78 is 10.5. The molecule has 0 amide bonds. The molecule has 0 radical (unpaired) electrons. The fraction of sp³-hybridized carbons (Fsp3) is 0.400. The Kier molecular flexibility index (Phi) is 4.72. The molecule has 0 aromatic heterocycles. The van der Waals surface area contributed by atoms with E-state index >= 15 is 0 Å². The molecule has 0 bridgehead atoms. The van der Waals surface area contributed by atoms with E-state index in [0.717, 1.165) is 11.3 Å². The second kappa shape index (κ2) is 5.89. The molecule has 0 aliphatic carbocycles. The largest absolute Gasteiger partial charge is 0.494 e. The van der Waals surface area contributed by atoms with Crippen molar-refractivity contribution in [3.63, 3.8) is 0 Å². The summed E-state index contributed by atoms with van der Waals surface area (Å²) in [5.41, 5.74) is 1.16. The molecule has 0 aliphatic heterocycles. The lowest BCUT2D eigenvalue weighted by Crippen LogP contribution is -1.91. The molecule has 0 N–H and O–H groups in total. The van der Waals surface area contributed by atoms with Crippen LogP contribution in [0.5, 0.6) is 5.75 Å². The van der Waals surface area contributed by atoms with Crippen molar-refractivity contribution < 1.29 is 8.92 Å². The minimum absolute atomic E-state index is 0.646. The predicted molar refractivity (Wildman–Crippen MR) is 55.9 cm³/mol. The highest BCUT2D eigenvalue weighted by Gasteiger charge is 1.94. The molecule has 1 aromatic rings. The van der Waals surface area contributed by atoms with E-state index in [4.69, 9.17) is 8.92 Å². The highest BCUT2D eigenvalue weighted by molar-refractivity contribution is 7.93. The highest BCUT2D eigenvalue weighted by Crippen LogP contribution is 2.13. The molecule has 0 fully saturated rings. The van der Waals surface area contributed by atoms with Crippen molar-refractivity contribution in [3.8, 4) is 5.75 Å². The van der Waals surface area contributed by atoms with Crippen molar-refractivity contribution in [3.05, 3.63) is 29.8 Å². The van der Waals surface area contributed by atoms with Gasteiger partial charge in [0.15, 0.2) is 0 Å². The molecule has 0 aliphatic rings. The van der Waals surface area contributed by atoms with Crippen molar-refractivity contribution in [1.82, 2.24) is 0 Å². The lowest BCUT2D eigenvalue weighted by atomic mass is 10.2. The molecule has 72 valence electrons. The Morgan fingerprint density at radius 2 is 1.92 bits per heavy atom. The normalized spacial score (nSPS) is 10.0. The molecule has 0 unspecified atom stereocenters. The summed E-state index contributed by atoms with van der Waals surface area (Å²) in [6, 6.07) is 7.95. The van der Waals surface area contributed by atoms with E-state index in [9.17, 15) is 0 Å². The predicted octanol–water partition coefficient (Wildman–Crippen LogP) is 2.88. The van der Waals surface area contributed by atoms with Gasteiger partial charge in [-0.1, -0.05) is 12.1 Å². The third-order valence-electron chi connectivity index (χ3n) is 1.58. The molecule has 3 heteroatoms. The van der Waals surface area contributed by atoms with Gasteiger partial charge in [-0.3, -0.25) is 0 Å². The van der Waals surface area contributed by atoms with Gasteiger partial charge >= 0.3 is 0 Å². The monoisotopic (exact) mass is 198 g/mol. The lowest BCUT2D eigenvalue weighted by molar-refractivity contribution is 0.339. The Morgan fingerprint density at radius 3 is 2.46 bits per heavy atom. The van der Waals surface area contributed by atoms with Crippen molar-refractivity contribution in [2.24, 2.45) is 0 Å². The minimum atomic E-state index is 0.646. The second-order valence-electron chi connectivity index (χ2n) is 2.51. The highest BCUT2D eigenvalue weighted by atomic mass is 32.2. The van der Waals surface area contributed by atoms with E-state index in [0.29, 0.717) is 13.2 Å². The Labute approximate surface area is 83.5 Å². The zero-order valence-corrected chi connectivity index (χ0v) is 8.76. The fourth-order valence-electron chi connectivity index (χ4n) is 0.976. The lowest BCUT2D eigenvalue weighted by Gasteiger charge is -2.04. The van der Waals surface area contributed by atoms with Gasteiger partial charge in [-0.15, -0.1) is 0 Å². The van der Waals surface area contributed by atoms with Crippen molar-refractivity contribution in [1.29, 1.82) is 0 Å². The van der Waals surface area contributed by atoms with Crippen LogP contribution in [-0.4, -0.2) is 12.9 Å². The van der Waals surface area contributed by atoms with Gasteiger partial charge in [-0.05, 0) is 36.7 Å². The Bertz CT molecular complexity index is 233. The molecule has 0 saturated carbocycles. The van der Waals surface area contributed by atoms with Gasteiger partial charge in [0.05, 0.1) is 13.2 Å². The van der Waals surface area contributed by atoms with E-state index in [1.54, 1.807) is 0 Å². The Morgan fingerprint density at radius 1 is 1.23 bits per heavy atom. The maximum atomic E-state index is 5.32. The third kappa shape index (κ3) is 3.70. The number of ether oxygens (including phenoxy) is 1. The SMILES string of the molecule is CCOc1ccc(COSC)cc1. The summed E-state index contributed by atoms with van der Waals surface area (Å²) in [5.74, 6) is 0.912. The van der Waals surface area contributed by atoms with Gasteiger partial charge in [-0.2, -0.15) is 0 Å². The van der Waals surface area contributed by atoms with Gasteiger partial charge in [0.25, 0.3) is 0 Å². The van der Waals surface area contributed by atoms with Gasteiger partial charge in [0.2, 0.25) is 0 Å². The molecule has 0 heterocycles. The van der Waals surface area contributed by atoms with Crippen molar-refractivity contribution in [2.45, 2.75) is 13.5 Å². The Hall–Kier alpha value is -0.670. The van der Waals surface area contributed by atoms with Crippen LogP contribution in [0.25, 0.3) is 0 Å². The maximum absolute atomic E-state index is 5.32. The van der Waals surface area contributed by atoms with Crippen LogP contribution in [0.15, 0.2) is 24.3 Å². The molecule has 13 heavy (non-hydrogen) atoms. The molecule has 1 rings (SSSR count). The number of hydrogen-bond acceptors (Lipinski definition) is 3. The van der Waals surface area contributed by atoms with Crippen LogP contribution in [0.1, 0.15) is 12.5 Å². The first-order valence-electron chi connectivity index (χ1n) is 4.24. The van der Waals surface area contributed by atoms with Crippen LogP contribution in [0, 0.1) is 0 Å². The van der Waals surface area contributed by atoms with Crippen molar-refractivity contribution >= 4 is 12.0 Å². The van der Waals surface area contributed by atoms with Crippen molar-refractivity contribution in [2.75, 3.05) is 12.9 Å². The second-order valence-corrected chi connectivity index (χ2v) is 3.07. The first kappa shape index (κ1) is 10.4. The molecule has 1 aromatic carbocycles. The average Bonchev–Trinajstić information content (AvgIpc) is 2.17. The molecule has 0 atom stereocenters. The topological polar surface area (TPSA) is 18.5 Å². The third-order valence-corrected chi connectivity index (χ3v) is 1.93. The van der Waals surface area contributed by atoms with E-state index < -0.39 is 0 Å². The number of hydrogen-bond donors (Lipinski definition) is 0. The van der Waals surface area contributed by atoms with Crippen LogP contribution in [0.4, 0.5) is 0 Å². The molecule has 2 nitrogen and oxygen atoms in total. The zero-order valence-electron chi connectivity index (χ0n) is 7.95. The van der Waals surface area contributed by atoms with Crippen LogP contribution in [-0.2, 0) is 10.8 Å². The van der Waals surface area contributed by atoms with E-state index in [-0.39, 0.29) is 0 Å². The van der Waals surface area contributed by atoms with Crippen LogP contribution in [0.2, 0.25) is 0 Å². The molecule has 0 saturated heterocycles. The summed E-state index contributed by atoms with van der Waals surface area (Å²) in [5, 5.41) is 0. The quantitative estimate of drug-likeness (QED) is 0.678. The van der Waals surface area contributed by atoms with Crippen LogP contribution >= 0.6 is 12.0 Å². The molecular weight excluding hydrogens is 184 g/mol. The fourth-order valence-corrected chi connectivity index (χ4v) is 1.23. The first-order valence-corrected chi connectivity index (χ1v) is 5.39. The minimum Gasteiger partial charge on any atom is -0.494 e. The van der Waals surface area contributed by atoms with E-state index in [1.807, 2.05) is 37.4 Å². The number of rotatable bonds is 5. The van der Waals surface area contributed by atoms with Gasteiger partial charge in [0, 0.05) is 6.26 Å².